The maximum absolute atomic E-state index is 12.4. The summed E-state index contributed by atoms with van der Waals surface area (Å²) in [7, 11) is 0. The van der Waals surface area contributed by atoms with E-state index in [4.69, 9.17) is 4.74 Å². The Morgan fingerprint density at radius 3 is 2.03 bits per heavy atom. The number of imide groups is 2. The van der Waals surface area contributed by atoms with E-state index in [2.05, 4.69) is 15.9 Å². The summed E-state index contributed by atoms with van der Waals surface area (Å²) in [6, 6.07) is 11.2. The molecule has 0 radical (unpaired) electrons. The topological polar surface area (TPSA) is 101 Å². The largest absolute Gasteiger partial charge is 0.464 e. The molecule has 4 amide bonds. The van der Waals surface area contributed by atoms with Crippen molar-refractivity contribution < 1.29 is 28.7 Å². The van der Waals surface area contributed by atoms with Gasteiger partial charge in [0, 0.05) is 11.0 Å². The molecule has 152 valence electrons. The van der Waals surface area contributed by atoms with E-state index < -0.39 is 30.2 Å². The monoisotopic (exact) mass is 470 g/mol. The number of ether oxygens (including phenoxy) is 1. The molecule has 0 bridgehead atoms. The van der Waals surface area contributed by atoms with Crippen molar-refractivity contribution in [3.05, 3.63) is 69.2 Å². The zero-order valence-corrected chi connectivity index (χ0v) is 17.2. The maximum atomic E-state index is 12.4. The molecule has 2 aromatic rings. The second-order valence-electron chi connectivity index (χ2n) is 6.77. The summed E-state index contributed by atoms with van der Waals surface area (Å²) in [5.74, 6) is -2.60. The lowest BCUT2D eigenvalue weighted by atomic mass is 10.1. The average molecular weight is 471 g/mol. The van der Waals surface area contributed by atoms with E-state index in [9.17, 15) is 24.0 Å². The highest BCUT2D eigenvalue weighted by Crippen LogP contribution is 2.26. The quantitative estimate of drug-likeness (QED) is 0.364. The third kappa shape index (κ3) is 3.41. The number of amides is 4. The van der Waals surface area contributed by atoms with Crippen molar-refractivity contribution in [3.63, 3.8) is 0 Å². The predicted octanol–water partition coefficient (Wildman–Crippen LogP) is 2.27. The van der Waals surface area contributed by atoms with Crippen LogP contribution < -0.4 is 0 Å². The minimum absolute atomic E-state index is 0.0564. The molecule has 0 atom stereocenters. The fourth-order valence-electron chi connectivity index (χ4n) is 3.43. The number of esters is 1. The number of hydrogen-bond acceptors (Lipinski definition) is 6. The first-order valence-electron chi connectivity index (χ1n) is 9.15. The number of hydrogen-bond donors (Lipinski definition) is 0. The van der Waals surface area contributed by atoms with Gasteiger partial charge < -0.3 is 4.74 Å². The van der Waals surface area contributed by atoms with Crippen LogP contribution in [0.2, 0.25) is 0 Å². The van der Waals surface area contributed by atoms with Gasteiger partial charge in [-0.15, -0.1) is 0 Å². The zero-order valence-electron chi connectivity index (χ0n) is 15.6. The minimum Gasteiger partial charge on any atom is -0.464 e. The fourth-order valence-corrected chi connectivity index (χ4v) is 3.79. The van der Waals surface area contributed by atoms with Gasteiger partial charge in [-0.1, -0.05) is 28.1 Å². The summed E-state index contributed by atoms with van der Waals surface area (Å²) in [4.78, 5) is 63.3. The molecular formula is C21H15BrN2O6. The first-order chi connectivity index (χ1) is 14.4. The summed E-state index contributed by atoms with van der Waals surface area (Å²) in [6.07, 6.45) is 0.237. The Labute approximate surface area is 179 Å². The van der Waals surface area contributed by atoms with Crippen molar-refractivity contribution in [2.24, 2.45) is 0 Å². The van der Waals surface area contributed by atoms with Crippen LogP contribution in [0.25, 0.3) is 0 Å². The Hall–Kier alpha value is -3.33. The Bertz CT molecular complexity index is 1080. The lowest BCUT2D eigenvalue weighted by molar-refractivity contribution is -0.144. The summed E-state index contributed by atoms with van der Waals surface area (Å²) < 4.78 is 5.78. The number of nitrogens with zero attached hydrogens (tertiary/aromatic N) is 2. The second kappa shape index (κ2) is 7.83. The molecule has 0 N–H and O–H groups in total. The molecule has 2 heterocycles. The third-order valence-electron chi connectivity index (χ3n) is 4.89. The van der Waals surface area contributed by atoms with Crippen LogP contribution in [0.15, 0.2) is 46.9 Å². The number of benzene rings is 2. The van der Waals surface area contributed by atoms with Crippen LogP contribution in [0.5, 0.6) is 0 Å². The van der Waals surface area contributed by atoms with Crippen LogP contribution in [0.3, 0.4) is 0 Å². The van der Waals surface area contributed by atoms with Gasteiger partial charge in [-0.25, -0.2) is 0 Å². The highest BCUT2D eigenvalue weighted by atomic mass is 79.9. The minimum atomic E-state index is -0.740. The predicted molar refractivity (Wildman–Crippen MR) is 107 cm³/mol. The van der Waals surface area contributed by atoms with Gasteiger partial charge in [0.15, 0.2) is 0 Å². The summed E-state index contributed by atoms with van der Waals surface area (Å²) in [5.41, 5.74) is 1.18. The zero-order chi connectivity index (χ0) is 21.4. The number of carbonyl (C=O) groups excluding carboxylic acids is 5. The Balaban J connectivity index is 1.27. The molecule has 0 saturated carbocycles. The third-order valence-corrected chi connectivity index (χ3v) is 5.38. The average Bonchev–Trinajstić information content (AvgIpc) is 3.11. The van der Waals surface area contributed by atoms with Gasteiger partial charge in [0.2, 0.25) is 0 Å². The van der Waals surface area contributed by atoms with E-state index >= 15 is 0 Å². The first-order valence-corrected chi connectivity index (χ1v) is 9.94. The summed E-state index contributed by atoms with van der Waals surface area (Å²) in [6.45, 7) is -0.462. The normalized spacial score (nSPS) is 15.0. The Morgan fingerprint density at radius 1 is 0.800 bits per heavy atom. The van der Waals surface area contributed by atoms with Gasteiger partial charge in [-0.3, -0.25) is 33.8 Å². The van der Waals surface area contributed by atoms with Gasteiger partial charge in [0.25, 0.3) is 23.6 Å². The number of carbonyl (C=O) groups is 5. The number of fused-ring (bicyclic) bond motifs is 2. The van der Waals surface area contributed by atoms with Crippen LogP contribution in [0.4, 0.5) is 0 Å². The molecule has 9 heteroatoms. The number of halogens is 1. The molecule has 2 aromatic carbocycles. The van der Waals surface area contributed by atoms with Gasteiger partial charge in [-0.05, 0) is 36.8 Å². The summed E-state index contributed by atoms with van der Waals surface area (Å²) in [5, 5.41) is 0. The smallest absolute Gasteiger partial charge is 0.326 e. The second-order valence-corrected chi connectivity index (χ2v) is 7.68. The van der Waals surface area contributed by atoms with Gasteiger partial charge in [0.1, 0.15) is 6.54 Å². The van der Waals surface area contributed by atoms with E-state index in [0.717, 1.165) is 9.80 Å². The van der Waals surface area contributed by atoms with Crippen LogP contribution in [-0.4, -0.2) is 59.1 Å². The summed E-state index contributed by atoms with van der Waals surface area (Å²) >= 11 is 3.27. The molecule has 0 saturated heterocycles. The van der Waals surface area contributed by atoms with Crippen LogP contribution >= 0.6 is 15.9 Å². The van der Waals surface area contributed by atoms with Crippen molar-refractivity contribution in [3.8, 4) is 0 Å². The highest BCUT2D eigenvalue weighted by Gasteiger charge is 2.37. The van der Waals surface area contributed by atoms with Crippen LogP contribution in [0, 0.1) is 0 Å². The van der Waals surface area contributed by atoms with E-state index in [-0.39, 0.29) is 36.6 Å². The molecule has 0 aromatic heterocycles. The van der Waals surface area contributed by atoms with Crippen LogP contribution in [-0.2, 0) is 9.53 Å². The SMILES string of the molecule is O=C(CN1C(=O)c2ccccc2C1=O)OCCCN1C(=O)c2ccc(Br)cc2C1=O. The first kappa shape index (κ1) is 20.0. The van der Waals surface area contributed by atoms with Crippen molar-refractivity contribution >= 4 is 45.5 Å². The van der Waals surface area contributed by atoms with E-state index in [1.54, 1.807) is 30.3 Å². The Kier molecular flexibility index (Phi) is 5.21. The molecule has 0 aliphatic carbocycles. The molecule has 0 spiro atoms. The molecule has 30 heavy (non-hydrogen) atoms. The Morgan fingerprint density at radius 2 is 1.37 bits per heavy atom. The molecule has 0 fully saturated rings. The molecule has 2 aliphatic heterocycles. The lowest BCUT2D eigenvalue weighted by Gasteiger charge is -2.15. The maximum Gasteiger partial charge on any atom is 0.326 e. The molecular weight excluding hydrogens is 456 g/mol. The van der Waals surface area contributed by atoms with E-state index in [1.807, 2.05) is 0 Å². The molecule has 0 unspecified atom stereocenters. The van der Waals surface area contributed by atoms with Crippen molar-refractivity contribution in [2.45, 2.75) is 6.42 Å². The molecule has 4 rings (SSSR count). The highest BCUT2D eigenvalue weighted by molar-refractivity contribution is 9.10. The van der Waals surface area contributed by atoms with Crippen molar-refractivity contribution in [1.82, 2.24) is 9.80 Å². The van der Waals surface area contributed by atoms with E-state index in [1.165, 1.54) is 12.1 Å². The molecule has 2 aliphatic rings. The fraction of sp³-hybridized carbons (Fsp3) is 0.190. The van der Waals surface area contributed by atoms with Crippen molar-refractivity contribution in [2.75, 3.05) is 19.7 Å². The number of rotatable bonds is 6. The lowest BCUT2D eigenvalue weighted by Crippen LogP contribution is -2.36. The van der Waals surface area contributed by atoms with E-state index in [0.29, 0.717) is 15.6 Å². The van der Waals surface area contributed by atoms with Gasteiger partial charge in [0.05, 0.1) is 28.9 Å². The van der Waals surface area contributed by atoms with Gasteiger partial charge in [-0.2, -0.15) is 0 Å². The standard InChI is InChI=1S/C21H15BrN2O6/c22-12-6-7-15-16(10-12)21(29)23(18(15)26)8-3-9-30-17(25)11-24-19(27)13-4-1-2-5-14(13)20(24)28/h1-2,4-7,10H,3,8-9,11H2. The molecule has 8 nitrogen and oxygen atoms in total. The van der Waals surface area contributed by atoms with Gasteiger partial charge >= 0.3 is 5.97 Å². The van der Waals surface area contributed by atoms with Crippen LogP contribution in [0.1, 0.15) is 47.9 Å². The van der Waals surface area contributed by atoms with Crippen molar-refractivity contribution in [1.29, 1.82) is 0 Å².